The largest absolute Gasteiger partial charge is 0.342 e. The molecule has 29 heavy (non-hydrogen) atoms. The average Bonchev–Trinajstić information content (AvgIpc) is 2.76. The first-order valence-corrected chi connectivity index (χ1v) is 11.8. The molecule has 3 N–H and O–H groups in total. The molecule has 160 valence electrons. The molecule has 4 rings (SSSR count). The lowest BCUT2D eigenvalue weighted by Gasteiger charge is -2.43. The van der Waals surface area contributed by atoms with Crippen LogP contribution >= 0.6 is 0 Å². The molecule has 1 atom stereocenters. The topological polar surface area (TPSA) is 56.4 Å². The zero-order chi connectivity index (χ0) is 19.9. The minimum atomic E-state index is -0.122. The fraction of sp³-hybridized carbons (Fsp3) is 0.708. The van der Waals surface area contributed by atoms with Gasteiger partial charge in [0.2, 0.25) is 5.91 Å². The van der Waals surface area contributed by atoms with E-state index in [4.69, 9.17) is 0 Å². The molecule has 0 aromatic heterocycles. The molecule has 5 nitrogen and oxygen atoms in total. The van der Waals surface area contributed by atoms with Crippen LogP contribution in [0, 0.1) is 0 Å². The maximum Gasteiger partial charge on any atom is 0.239 e. The Labute approximate surface area is 176 Å². The van der Waals surface area contributed by atoms with Gasteiger partial charge in [0.15, 0.2) is 0 Å². The summed E-state index contributed by atoms with van der Waals surface area (Å²) in [4.78, 5) is 15.3. The number of carbonyl (C=O) groups excluding carboxylic acids is 1. The summed E-state index contributed by atoms with van der Waals surface area (Å²) in [6.07, 6.45) is 12.8. The van der Waals surface area contributed by atoms with E-state index >= 15 is 0 Å². The first-order chi connectivity index (χ1) is 14.2. The molecule has 1 aromatic carbocycles. The molecule has 1 unspecified atom stereocenters. The predicted molar refractivity (Wildman–Crippen MR) is 118 cm³/mol. The van der Waals surface area contributed by atoms with E-state index in [9.17, 15) is 4.79 Å². The van der Waals surface area contributed by atoms with Crippen LogP contribution in [0.3, 0.4) is 0 Å². The smallest absolute Gasteiger partial charge is 0.239 e. The lowest BCUT2D eigenvalue weighted by Crippen LogP contribution is -2.67. The van der Waals surface area contributed by atoms with Crippen LogP contribution in [-0.2, 0) is 17.8 Å². The summed E-state index contributed by atoms with van der Waals surface area (Å²) >= 11 is 0. The van der Waals surface area contributed by atoms with Gasteiger partial charge in [-0.15, -0.1) is 0 Å². The Bertz CT molecular complexity index is 667. The molecule has 1 aromatic rings. The van der Waals surface area contributed by atoms with Crippen molar-refractivity contribution in [1.82, 2.24) is 20.9 Å². The summed E-state index contributed by atoms with van der Waals surface area (Å²) < 4.78 is 0. The Morgan fingerprint density at radius 1 is 1.03 bits per heavy atom. The second kappa shape index (κ2) is 10.1. The average molecular weight is 399 g/mol. The fourth-order valence-electron chi connectivity index (χ4n) is 5.34. The summed E-state index contributed by atoms with van der Waals surface area (Å²) in [6, 6.07) is 8.54. The van der Waals surface area contributed by atoms with Gasteiger partial charge < -0.3 is 10.6 Å². The van der Waals surface area contributed by atoms with Crippen molar-refractivity contribution in [1.29, 1.82) is 0 Å². The van der Waals surface area contributed by atoms with Gasteiger partial charge in [-0.3, -0.25) is 15.0 Å². The van der Waals surface area contributed by atoms with E-state index in [-0.39, 0.29) is 17.5 Å². The first-order valence-electron chi connectivity index (χ1n) is 11.8. The Balaban J connectivity index is 1.29. The summed E-state index contributed by atoms with van der Waals surface area (Å²) in [7, 11) is 0. The van der Waals surface area contributed by atoms with E-state index in [1.54, 1.807) is 0 Å². The molecular weight excluding hydrogens is 360 g/mol. The van der Waals surface area contributed by atoms with Gasteiger partial charge in [-0.1, -0.05) is 69.2 Å². The van der Waals surface area contributed by atoms with Crippen LogP contribution in [0.4, 0.5) is 0 Å². The third-order valence-electron chi connectivity index (χ3n) is 7.11. The summed E-state index contributed by atoms with van der Waals surface area (Å²) in [5, 5.41) is 10.6. The fourth-order valence-corrected chi connectivity index (χ4v) is 5.34. The quantitative estimate of drug-likeness (QED) is 0.733. The van der Waals surface area contributed by atoms with Crippen molar-refractivity contribution in [3.63, 3.8) is 0 Å². The number of hydrogen-bond donors (Lipinski definition) is 3. The molecule has 2 heterocycles. The summed E-state index contributed by atoms with van der Waals surface area (Å²) in [6.45, 7) is 4.31. The monoisotopic (exact) mass is 398 g/mol. The number of nitrogens with zero attached hydrogens (tertiary/aromatic N) is 1. The Morgan fingerprint density at radius 2 is 1.72 bits per heavy atom. The van der Waals surface area contributed by atoms with E-state index in [1.807, 2.05) is 0 Å². The van der Waals surface area contributed by atoms with Crippen molar-refractivity contribution in [2.24, 2.45) is 0 Å². The second-order valence-electron chi connectivity index (χ2n) is 9.35. The molecule has 1 saturated heterocycles. The molecule has 3 aliphatic rings. The van der Waals surface area contributed by atoms with Crippen molar-refractivity contribution >= 4 is 5.91 Å². The van der Waals surface area contributed by atoms with Gasteiger partial charge in [0.05, 0.1) is 12.7 Å². The third-order valence-corrected chi connectivity index (χ3v) is 7.11. The van der Waals surface area contributed by atoms with Gasteiger partial charge in [-0.25, -0.2) is 0 Å². The van der Waals surface area contributed by atoms with Crippen LogP contribution < -0.4 is 16.0 Å². The van der Waals surface area contributed by atoms with Crippen LogP contribution in [-0.4, -0.2) is 48.7 Å². The number of piperazine rings is 1. The first kappa shape index (κ1) is 20.8. The molecule has 1 amide bonds. The van der Waals surface area contributed by atoms with E-state index < -0.39 is 0 Å². The SMILES string of the molecule is O=C(NCN1CCc2ccccc2C1)C1CNCC2(CCCCCCCCC2)N1. The highest BCUT2D eigenvalue weighted by Crippen LogP contribution is 2.27. The molecule has 1 aliphatic carbocycles. The molecule has 5 heteroatoms. The minimum Gasteiger partial charge on any atom is -0.342 e. The lowest BCUT2D eigenvalue weighted by atomic mass is 9.82. The lowest BCUT2D eigenvalue weighted by molar-refractivity contribution is -0.125. The highest BCUT2D eigenvalue weighted by molar-refractivity contribution is 5.82. The number of hydrogen-bond acceptors (Lipinski definition) is 4. The Hall–Kier alpha value is -1.43. The zero-order valence-corrected chi connectivity index (χ0v) is 17.8. The predicted octanol–water partition coefficient (Wildman–Crippen LogP) is 2.94. The van der Waals surface area contributed by atoms with E-state index in [2.05, 4.69) is 45.1 Å². The molecule has 0 radical (unpaired) electrons. The third kappa shape index (κ3) is 5.59. The number of nitrogens with one attached hydrogen (secondary N) is 3. The number of fused-ring (bicyclic) bond motifs is 1. The van der Waals surface area contributed by atoms with E-state index in [1.165, 1.54) is 68.9 Å². The maximum absolute atomic E-state index is 12.9. The molecule has 0 bridgehead atoms. The Kier molecular flexibility index (Phi) is 7.22. The van der Waals surface area contributed by atoms with Crippen molar-refractivity contribution in [2.45, 2.75) is 82.3 Å². The maximum atomic E-state index is 12.9. The highest BCUT2D eigenvalue weighted by Gasteiger charge is 2.37. The second-order valence-corrected chi connectivity index (χ2v) is 9.35. The van der Waals surface area contributed by atoms with Crippen molar-refractivity contribution < 1.29 is 4.79 Å². The number of benzene rings is 1. The van der Waals surface area contributed by atoms with Crippen molar-refractivity contribution in [3.8, 4) is 0 Å². The van der Waals surface area contributed by atoms with Gasteiger partial charge in [0.25, 0.3) is 0 Å². The summed E-state index contributed by atoms with van der Waals surface area (Å²) in [5.41, 5.74) is 2.94. The molecule has 1 spiro atoms. The van der Waals surface area contributed by atoms with Crippen LogP contribution in [0.1, 0.15) is 68.9 Å². The minimum absolute atomic E-state index is 0.0989. The number of amides is 1. The van der Waals surface area contributed by atoms with Crippen molar-refractivity contribution in [3.05, 3.63) is 35.4 Å². The van der Waals surface area contributed by atoms with E-state index in [0.717, 1.165) is 32.6 Å². The van der Waals surface area contributed by atoms with E-state index in [0.29, 0.717) is 6.67 Å². The van der Waals surface area contributed by atoms with Crippen LogP contribution in [0.2, 0.25) is 0 Å². The van der Waals surface area contributed by atoms with Crippen LogP contribution in [0.25, 0.3) is 0 Å². The molecule has 1 saturated carbocycles. The molecular formula is C24H38N4O. The van der Waals surface area contributed by atoms with Gasteiger partial charge >= 0.3 is 0 Å². The normalized spacial score (nSPS) is 25.9. The molecule has 2 aliphatic heterocycles. The van der Waals surface area contributed by atoms with Gasteiger partial charge in [0.1, 0.15) is 0 Å². The number of carbonyl (C=O) groups is 1. The standard InChI is InChI=1S/C24H38N4O/c29-23(26-19-28-15-12-20-10-6-7-11-21(20)17-28)22-16-25-18-24(27-22)13-8-4-2-1-3-5-9-14-24/h6-7,10-11,22,25,27H,1-5,8-9,12-19H2,(H,26,29). The van der Waals surface area contributed by atoms with Crippen molar-refractivity contribution in [2.75, 3.05) is 26.3 Å². The summed E-state index contributed by atoms with van der Waals surface area (Å²) in [5.74, 6) is 0.146. The van der Waals surface area contributed by atoms with Gasteiger partial charge in [0, 0.05) is 31.7 Å². The molecule has 2 fully saturated rings. The van der Waals surface area contributed by atoms with Crippen LogP contribution in [0.5, 0.6) is 0 Å². The highest BCUT2D eigenvalue weighted by atomic mass is 16.2. The van der Waals surface area contributed by atoms with Gasteiger partial charge in [-0.2, -0.15) is 0 Å². The zero-order valence-electron chi connectivity index (χ0n) is 17.8. The van der Waals surface area contributed by atoms with Crippen LogP contribution in [0.15, 0.2) is 24.3 Å². The van der Waals surface area contributed by atoms with Gasteiger partial charge in [-0.05, 0) is 30.4 Å². The Morgan fingerprint density at radius 3 is 2.48 bits per heavy atom. The number of rotatable bonds is 3.